The van der Waals surface area contributed by atoms with Crippen LogP contribution in [0.2, 0.25) is 0 Å². The summed E-state index contributed by atoms with van der Waals surface area (Å²) >= 11 is 0. The fraction of sp³-hybridized carbons (Fsp3) is 0.593. The van der Waals surface area contributed by atoms with Gasteiger partial charge in [-0.15, -0.1) is 0 Å². The smallest absolute Gasteiger partial charge is 0.471 e. The Kier molecular flexibility index (Phi) is 7.11. The number of carbonyl (C=O) groups is 4. The van der Waals surface area contributed by atoms with Crippen molar-refractivity contribution in [1.29, 1.82) is 5.26 Å². The highest BCUT2D eigenvalue weighted by Gasteiger charge is 2.61. The van der Waals surface area contributed by atoms with Gasteiger partial charge in [-0.2, -0.15) is 18.4 Å². The molecule has 1 aromatic rings. The van der Waals surface area contributed by atoms with Crippen molar-refractivity contribution in [2.45, 2.75) is 68.3 Å². The van der Waals surface area contributed by atoms with E-state index in [1.807, 2.05) is 11.4 Å². The maximum absolute atomic E-state index is 14.3. The summed E-state index contributed by atoms with van der Waals surface area (Å²) in [5.41, 5.74) is -3.90. The zero-order valence-electron chi connectivity index (χ0n) is 22.1. The Hall–Kier alpha value is -3.89. The molecule has 3 N–H and O–H groups in total. The molecule has 2 saturated carbocycles. The fourth-order valence-electron chi connectivity index (χ4n) is 5.90. The number of nitriles is 1. The molecule has 4 aliphatic rings. The van der Waals surface area contributed by atoms with Crippen LogP contribution in [0, 0.1) is 34.9 Å². The van der Waals surface area contributed by atoms with Crippen LogP contribution >= 0.6 is 0 Å². The highest BCUT2D eigenvalue weighted by atomic mass is 19.4. The molecule has 10 nitrogen and oxygen atoms in total. The van der Waals surface area contributed by atoms with Crippen LogP contribution in [-0.2, 0) is 19.2 Å². The topological polar surface area (TPSA) is 141 Å². The minimum absolute atomic E-state index is 0.00786. The number of rotatable bonds is 8. The molecule has 1 saturated heterocycles. The van der Waals surface area contributed by atoms with Crippen LogP contribution in [0.3, 0.4) is 0 Å². The lowest BCUT2D eigenvalue weighted by molar-refractivity contribution is -0.178. The lowest BCUT2D eigenvalue weighted by Gasteiger charge is -2.41. The van der Waals surface area contributed by atoms with Crippen molar-refractivity contribution in [2.75, 3.05) is 18.9 Å². The molecule has 0 bridgehead atoms. The molecule has 3 fully saturated rings. The zero-order valence-corrected chi connectivity index (χ0v) is 22.1. The third-order valence-electron chi connectivity index (χ3n) is 8.36. The molecular weight excluding hydrogens is 550 g/mol. The molecule has 4 atom stereocenters. The highest BCUT2D eigenvalue weighted by molar-refractivity contribution is 6.03. The third kappa shape index (κ3) is 5.41. The summed E-state index contributed by atoms with van der Waals surface area (Å²) in [6.07, 6.45) is -3.15. The standard InChI is InChI=1S/C27H29F4N5O5/c1-33-23(39)26(10-15-4-5-15,35-24(40)27(29,30)31)18(8-14-2-3-14)21(37)36-13-25(11-17(36)12-32)22(38)34-19-9-16(28)6-7-20(19)41-25/h6-7,9,14-15,17-18H,2-5,8,10-11,13H2,1H3,(H,33,39)(H,34,38)(H,35,40)/t17-,18+,25+,26?/m0/s1. The predicted octanol–water partition coefficient (Wildman–Crippen LogP) is 2.40. The molecule has 0 aromatic heterocycles. The number of anilines is 1. The maximum Gasteiger partial charge on any atom is 0.471 e. The number of fused-ring (bicyclic) bond motifs is 1. The summed E-state index contributed by atoms with van der Waals surface area (Å²) < 4.78 is 60.2. The van der Waals surface area contributed by atoms with E-state index in [0.29, 0.717) is 25.7 Å². The Morgan fingerprint density at radius 2 is 1.88 bits per heavy atom. The van der Waals surface area contributed by atoms with Crippen LogP contribution in [0.5, 0.6) is 5.75 Å². The summed E-state index contributed by atoms with van der Waals surface area (Å²) in [6.45, 7) is -0.436. The van der Waals surface area contributed by atoms with Crippen LogP contribution in [0.1, 0.15) is 44.9 Å². The van der Waals surface area contributed by atoms with E-state index in [2.05, 4.69) is 10.6 Å². The van der Waals surface area contributed by atoms with E-state index in [1.165, 1.54) is 13.1 Å². The molecule has 2 heterocycles. The number of alkyl halides is 3. The normalized spacial score (nSPS) is 25.7. The molecule has 5 rings (SSSR count). The van der Waals surface area contributed by atoms with Crippen molar-refractivity contribution in [3.8, 4) is 11.8 Å². The number of likely N-dealkylation sites (N-methyl/N-ethyl adjacent to an activating group) is 1. The molecule has 1 unspecified atom stereocenters. The number of likely N-dealkylation sites (tertiary alicyclic amines) is 1. The van der Waals surface area contributed by atoms with E-state index in [4.69, 9.17) is 4.74 Å². The Labute approximate surface area is 232 Å². The molecule has 41 heavy (non-hydrogen) atoms. The lowest BCUT2D eigenvalue weighted by atomic mass is 9.74. The quantitative estimate of drug-likeness (QED) is 0.404. The van der Waals surface area contributed by atoms with Crippen molar-refractivity contribution in [2.24, 2.45) is 17.8 Å². The summed E-state index contributed by atoms with van der Waals surface area (Å²) in [7, 11) is 1.21. The number of amides is 4. The van der Waals surface area contributed by atoms with Crippen LogP contribution in [-0.4, -0.2) is 65.5 Å². The van der Waals surface area contributed by atoms with Gasteiger partial charge in [0.2, 0.25) is 17.4 Å². The van der Waals surface area contributed by atoms with Gasteiger partial charge in [-0.25, -0.2) is 4.39 Å². The van der Waals surface area contributed by atoms with Gasteiger partial charge in [-0.1, -0.05) is 25.7 Å². The number of ether oxygens (including phenoxy) is 1. The number of nitrogens with zero attached hydrogens (tertiary/aromatic N) is 2. The zero-order chi connectivity index (χ0) is 29.7. The Balaban J connectivity index is 1.52. The first-order valence-electron chi connectivity index (χ1n) is 13.4. The number of halogens is 4. The first-order chi connectivity index (χ1) is 19.3. The highest BCUT2D eigenvalue weighted by Crippen LogP contribution is 2.47. The second-order valence-electron chi connectivity index (χ2n) is 11.4. The largest absolute Gasteiger partial charge is 0.473 e. The van der Waals surface area contributed by atoms with Gasteiger partial charge in [0.15, 0.2) is 0 Å². The number of nitrogens with one attached hydrogen (secondary N) is 3. The minimum atomic E-state index is -5.32. The monoisotopic (exact) mass is 579 g/mol. The first kappa shape index (κ1) is 28.6. The molecule has 1 spiro atoms. The summed E-state index contributed by atoms with van der Waals surface area (Å²) in [5.74, 6) is -7.02. The van der Waals surface area contributed by atoms with E-state index in [0.717, 1.165) is 17.0 Å². The van der Waals surface area contributed by atoms with Gasteiger partial charge in [-0.3, -0.25) is 19.2 Å². The molecule has 0 radical (unpaired) electrons. The van der Waals surface area contributed by atoms with Gasteiger partial charge < -0.3 is 25.6 Å². The van der Waals surface area contributed by atoms with E-state index in [1.54, 1.807) is 0 Å². The van der Waals surface area contributed by atoms with Gasteiger partial charge in [0.1, 0.15) is 23.1 Å². The second kappa shape index (κ2) is 10.2. The van der Waals surface area contributed by atoms with E-state index in [9.17, 15) is 42.0 Å². The molecule has 4 amide bonds. The molecule has 2 aliphatic carbocycles. The van der Waals surface area contributed by atoms with E-state index in [-0.39, 0.29) is 42.5 Å². The second-order valence-corrected chi connectivity index (χ2v) is 11.4. The summed E-state index contributed by atoms with van der Waals surface area (Å²) in [6, 6.07) is 4.23. The fourth-order valence-corrected chi connectivity index (χ4v) is 5.90. The number of benzene rings is 1. The summed E-state index contributed by atoms with van der Waals surface area (Å²) in [5, 5.41) is 16.8. The van der Waals surface area contributed by atoms with Crippen LogP contribution in [0.25, 0.3) is 0 Å². The van der Waals surface area contributed by atoms with Crippen molar-refractivity contribution < 1.29 is 41.5 Å². The van der Waals surface area contributed by atoms with Gasteiger partial charge >= 0.3 is 12.1 Å². The Bertz CT molecular complexity index is 1320. The molecule has 14 heteroatoms. The third-order valence-corrected chi connectivity index (χ3v) is 8.36. The van der Waals surface area contributed by atoms with Crippen molar-refractivity contribution >= 4 is 29.3 Å². The molecular formula is C27H29F4N5O5. The number of hydrogen-bond acceptors (Lipinski definition) is 6. The van der Waals surface area contributed by atoms with Crippen LogP contribution in [0.4, 0.5) is 23.2 Å². The maximum atomic E-state index is 14.3. The number of hydrogen-bond donors (Lipinski definition) is 3. The lowest BCUT2D eigenvalue weighted by Crippen LogP contribution is -2.67. The average molecular weight is 580 g/mol. The van der Waals surface area contributed by atoms with Crippen molar-refractivity contribution in [1.82, 2.24) is 15.5 Å². The van der Waals surface area contributed by atoms with Crippen LogP contribution < -0.4 is 20.7 Å². The molecule has 220 valence electrons. The Morgan fingerprint density at radius 1 is 1.20 bits per heavy atom. The van der Waals surface area contributed by atoms with E-state index < -0.39 is 65.3 Å². The van der Waals surface area contributed by atoms with Gasteiger partial charge in [0.25, 0.3) is 5.91 Å². The summed E-state index contributed by atoms with van der Waals surface area (Å²) in [4.78, 5) is 54.3. The van der Waals surface area contributed by atoms with Gasteiger partial charge in [-0.05, 0) is 36.8 Å². The van der Waals surface area contributed by atoms with Gasteiger partial charge in [0.05, 0.1) is 24.2 Å². The van der Waals surface area contributed by atoms with Crippen molar-refractivity contribution in [3.63, 3.8) is 0 Å². The Morgan fingerprint density at radius 3 is 2.46 bits per heavy atom. The average Bonchev–Trinajstić information content (AvgIpc) is 3.86. The first-order valence-corrected chi connectivity index (χ1v) is 13.4. The van der Waals surface area contributed by atoms with Gasteiger partial charge in [0, 0.05) is 19.5 Å². The minimum Gasteiger partial charge on any atom is -0.473 e. The number of carbonyl (C=O) groups excluding carboxylic acids is 4. The van der Waals surface area contributed by atoms with Crippen LogP contribution in [0.15, 0.2) is 18.2 Å². The SMILES string of the molecule is CNC(=O)C(CC1CC1)(NC(=O)C(F)(F)F)[C@H](CC1CC1)C(=O)N1C[C@@]2(C[C@H]1C#N)Oc1ccc(F)cc1NC2=O. The molecule has 1 aromatic carbocycles. The predicted molar refractivity (Wildman–Crippen MR) is 133 cm³/mol. The molecule has 2 aliphatic heterocycles. The van der Waals surface area contributed by atoms with E-state index >= 15 is 0 Å². The van der Waals surface area contributed by atoms with Crippen molar-refractivity contribution in [3.05, 3.63) is 24.0 Å².